The second kappa shape index (κ2) is 9.96. The number of esters is 2. The molecule has 172 valence electrons. The zero-order valence-corrected chi connectivity index (χ0v) is 19.5. The fourth-order valence-electron chi connectivity index (χ4n) is 2.81. The molecule has 0 aliphatic heterocycles. The molecule has 0 aliphatic rings. The SMILES string of the molecule is CC(C)(C)OC(=O)c1cc(NC(=O)[C@@H](N)Cc2ccccc2)cc(C(=O)OC(C)(C)C)c1. The van der Waals surface area contributed by atoms with Gasteiger partial charge in [0.15, 0.2) is 0 Å². The standard InChI is InChI=1S/C25H32N2O5/c1-24(2,3)31-22(29)17-13-18(23(30)32-25(4,5)6)15-19(14-17)27-21(28)20(26)12-16-10-8-7-9-11-16/h7-11,13-15,20H,12,26H2,1-6H3,(H,27,28)/t20-/m0/s1. The summed E-state index contributed by atoms with van der Waals surface area (Å²) in [5.41, 5.74) is 6.04. The Hall–Kier alpha value is -3.19. The normalized spacial score (nSPS) is 12.6. The van der Waals surface area contributed by atoms with Gasteiger partial charge in [0, 0.05) is 5.69 Å². The molecule has 0 radical (unpaired) electrons. The van der Waals surface area contributed by atoms with Crippen molar-refractivity contribution < 1.29 is 23.9 Å². The van der Waals surface area contributed by atoms with Crippen molar-refractivity contribution in [1.82, 2.24) is 0 Å². The molecular formula is C25H32N2O5. The minimum Gasteiger partial charge on any atom is -0.456 e. The van der Waals surface area contributed by atoms with Gasteiger partial charge in [-0.05, 0) is 71.7 Å². The van der Waals surface area contributed by atoms with Crippen LogP contribution in [0, 0.1) is 0 Å². The summed E-state index contributed by atoms with van der Waals surface area (Å²) in [4.78, 5) is 37.9. The fraction of sp³-hybridized carbons (Fsp3) is 0.400. The van der Waals surface area contributed by atoms with E-state index in [1.165, 1.54) is 18.2 Å². The summed E-state index contributed by atoms with van der Waals surface area (Å²) in [6, 6.07) is 12.9. The fourth-order valence-corrected chi connectivity index (χ4v) is 2.81. The highest BCUT2D eigenvalue weighted by Gasteiger charge is 2.24. The Bertz CT molecular complexity index is 926. The van der Waals surface area contributed by atoms with Crippen molar-refractivity contribution in [2.24, 2.45) is 5.73 Å². The molecule has 1 amide bonds. The molecule has 1 atom stereocenters. The van der Waals surface area contributed by atoms with Crippen LogP contribution in [0.25, 0.3) is 0 Å². The minimum atomic E-state index is -0.812. The number of benzene rings is 2. The van der Waals surface area contributed by atoms with Gasteiger partial charge in [-0.25, -0.2) is 9.59 Å². The van der Waals surface area contributed by atoms with Crippen LogP contribution in [-0.4, -0.2) is 35.1 Å². The van der Waals surface area contributed by atoms with E-state index in [0.717, 1.165) is 5.56 Å². The molecule has 0 spiro atoms. The van der Waals surface area contributed by atoms with Gasteiger partial charge in [-0.15, -0.1) is 0 Å². The van der Waals surface area contributed by atoms with Crippen LogP contribution >= 0.6 is 0 Å². The number of anilines is 1. The maximum absolute atomic E-state index is 12.7. The summed E-state index contributed by atoms with van der Waals surface area (Å²) >= 11 is 0. The van der Waals surface area contributed by atoms with E-state index in [2.05, 4.69) is 5.32 Å². The third-order valence-electron chi connectivity index (χ3n) is 4.10. The Morgan fingerprint density at radius 1 is 0.844 bits per heavy atom. The lowest BCUT2D eigenvalue weighted by molar-refractivity contribution is -0.117. The average molecular weight is 441 g/mol. The second-order valence-electron chi connectivity index (χ2n) is 9.59. The number of ether oxygens (including phenoxy) is 2. The summed E-state index contributed by atoms with van der Waals surface area (Å²) in [7, 11) is 0. The molecule has 0 aliphatic carbocycles. The van der Waals surface area contributed by atoms with Crippen LogP contribution in [0.3, 0.4) is 0 Å². The number of nitrogens with two attached hydrogens (primary N) is 1. The predicted molar refractivity (Wildman–Crippen MR) is 124 cm³/mol. The van der Waals surface area contributed by atoms with E-state index in [-0.39, 0.29) is 16.8 Å². The van der Waals surface area contributed by atoms with Crippen molar-refractivity contribution in [2.75, 3.05) is 5.32 Å². The quantitative estimate of drug-likeness (QED) is 0.655. The number of rotatable bonds is 6. The summed E-state index contributed by atoms with van der Waals surface area (Å²) in [6.07, 6.45) is 0.345. The molecule has 7 heteroatoms. The van der Waals surface area contributed by atoms with Gasteiger partial charge in [0.05, 0.1) is 17.2 Å². The summed E-state index contributed by atoms with van der Waals surface area (Å²) in [6.45, 7) is 10.5. The van der Waals surface area contributed by atoms with E-state index >= 15 is 0 Å². The summed E-state index contributed by atoms with van der Waals surface area (Å²) in [5, 5.41) is 2.70. The van der Waals surface area contributed by atoms with E-state index < -0.39 is 35.1 Å². The molecule has 0 saturated heterocycles. The Labute approximate surface area is 189 Å². The molecule has 0 saturated carbocycles. The highest BCUT2D eigenvalue weighted by Crippen LogP contribution is 2.21. The average Bonchev–Trinajstić information content (AvgIpc) is 2.65. The van der Waals surface area contributed by atoms with Gasteiger partial charge in [-0.2, -0.15) is 0 Å². The summed E-state index contributed by atoms with van der Waals surface area (Å²) in [5.74, 6) is -1.68. The summed E-state index contributed by atoms with van der Waals surface area (Å²) < 4.78 is 10.8. The van der Waals surface area contributed by atoms with E-state index in [4.69, 9.17) is 15.2 Å². The predicted octanol–water partition coefficient (Wildman–Crippen LogP) is 4.11. The van der Waals surface area contributed by atoms with Gasteiger partial charge in [-0.1, -0.05) is 30.3 Å². The van der Waals surface area contributed by atoms with Gasteiger partial charge in [-0.3, -0.25) is 4.79 Å². The first kappa shape index (κ1) is 25.1. The largest absolute Gasteiger partial charge is 0.456 e. The van der Waals surface area contributed by atoms with Crippen LogP contribution in [0.4, 0.5) is 5.69 Å². The second-order valence-corrected chi connectivity index (χ2v) is 9.59. The number of carbonyl (C=O) groups excluding carboxylic acids is 3. The molecule has 0 unspecified atom stereocenters. The van der Waals surface area contributed by atoms with E-state index in [9.17, 15) is 14.4 Å². The number of carbonyl (C=O) groups is 3. The van der Waals surface area contributed by atoms with Crippen LogP contribution in [0.5, 0.6) is 0 Å². The molecule has 0 aromatic heterocycles. The number of hydrogen-bond donors (Lipinski definition) is 2. The smallest absolute Gasteiger partial charge is 0.338 e. The molecule has 2 aromatic carbocycles. The Balaban J connectivity index is 2.30. The molecule has 0 bridgehead atoms. The zero-order chi connectivity index (χ0) is 24.1. The molecule has 0 fully saturated rings. The maximum atomic E-state index is 12.7. The highest BCUT2D eigenvalue weighted by atomic mass is 16.6. The van der Waals surface area contributed by atoms with Gasteiger partial charge < -0.3 is 20.5 Å². The lowest BCUT2D eigenvalue weighted by Gasteiger charge is -2.21. The Kier molecular flexibility index (Phi) is 7.80. The van der Waals surface area contributed by atoms with Crippen molar-refractivity contribution in [3.05, 3.63) is 65.2 Å². The third kappa shape index (κ3) is 8.15. The number of amides is 1. The number of nitrogens with one attached hydrogen (secondary N) is 1. The molecule has 3 N–H and O–H groups in total. The number of hydrogen-bond acceptors (Lipinski definition) is 6. The highest BCUT2D eigenvalue weighted by molar-refractivity contribution is 6.00. The topological polar surface area (TPSA) is 108 Å². The van der Waals surface area contributed by atoms with Crippen LogP contribution < -0.4 is 11.1 Å². The first-order chi connectivity index (χ1) is 14.7. The first-order valence-electron chi connectivity index (χ1n) is 10.5. The van der Waals surface area contributed by atoms with Crippen LogP contribution in [-0.2, 0) is 20.7 Å². The molecule has 2 rings (SSSR count). The maximum Gasteiger partial charge on any atom is 0.338 e. The molecule has 0 heterocycles. The molecular weight excluding hydrogens is 408 g/mol. The first-order valence-corrected chi connectivity index (χ1v) is 10.5. The van der Waals surface area contributed by atoms with E-state index in [0.29, 0.717) is 6.42 Å². The van der Waals surface area contributed by atoms with Crippen molar-refractivity contribution in [3.8, 4) is 0 Å². The van der Waals surface area contributed by atoms with E-state index in [1.807, 2.05) is 30.3 Å². The van der Waals surface area contributed by atoms with Crippen molar-refractivity contribution >= 4 is 23.5 Å². The molecule has 2 aromatic rings. The van der Waals surface area contributed by atoms with Crippen LogP contribution in [0.15, 0.2) is 48.5 Å². The van der Waals surface area contributed by atoms with Crippen LogP contribution in [0.1, 0.15) is 67.8 Å². The lowest BCUT2D eigenvalue weighted by atomic mass is 10.1. The van der Waals surface area contributed by atoms with E-state index in [1.54, 1.807) is 41.5 Å². The van der Waals surface area contributed by atoms with Gasteiger partial charge in [0.2, 0.25) is 5.91 Å². The van der Waals surface area contributed by atoms with Crippen LogP contribution in [0.2, 0.25) is 0 Å². The van der Waals surface area contributed by atoms with Crippen molar-refractivity contribution in [3.63, 3.8) is 0 Å². The van der Waals surface area contributed by atoms with Crippen molar-refractivity contribution in [2.45, 2.75) is 65.2 Å². The Morgan fingerprint density at radius 2 is 1.31 bits per heavy atom. The van der Waals surface area contributed by atoms with Gasteiger partial charge in [0.1, 0.15) is 11.2 Å². The van der Waals surface area contributed by atoms with Gasteiger partial charge >= 0.3 is 11.9 Å². The third-order valence-corrected chi connectivity index (χ3v) is 4.10. The zero-order valence-electron chi connectivity index (χ0n) is 19.5. The van der Waals surface area contributed by atoms with Crippen molar-refractivity contribution in [1.29, 1.82) is 0 Å². The Morgan fingerprint density at radius 3 is 1.75 bits per heavy atom. The molecule has 32 heavy (non-hydrogen) atoms. The van der Waals surface area contributed by atoms with Gasteiger partial charge in [0.25, 0.3) is 0 Å². The minimum absolute atomic E-state index is 0.121. The monoisotopic (exact) mass is 440 g/mol. The lowest BCUT2D eigenvalue weighted by Crippen LogP contribution is -2.37. The molecule has 7 nitrogen and oxygen atoms in total.